The predicted octanol–water partition coefficient (Wildman–Crippen LogP) is 1.31. The third-order valence-corrected chi connectivity index (χ3v) is 2.66. The van der Waals surface area contributed by atoms with E-state index in [0.717, 1.165) is 19.3 Å². The summed E-state index contributed by atoms with van der Waals surface area (Å²) in [5.41, 5.74) is 1.41. The Kier molecular flexibility index (Phi) is 3.28. The third-order valence-electron chi connectivity index (χ3n) is 1.98. The van der Waals surface area contributed by atoms with Crippen molar-refractivity contribution in [1.82, 2.24) is 9.97 Å². The largest absolute Gasteiger partial charge is 0.331 e. The molecule has 0 bridgehead atoms. The number of rotatable bonds is 4. The van der Waals surface area contributed by atoms with Crippen LogP contribution in [0.1, 0.15) is 31.2 Å². The first-order valence-corrected chi connectivity index (χ1v) is 5.92. The maximum atomic E-state index is 10.7. The van der Waals surface area contributed by atoms with Crippen molar-refractivity contribution in [2.75, 3.05) is 0 Å². The molecular weight excluding hydrogens is 204 g/mol. The topological polar surface area (TPSA) is 83.1 Å². The Balaban J connectivity index is 2.94. The molecule has 0 saturated carbocycles. The van der Waals surface area contributed by atoms with Crippen molar-refractivity contribution in [3.8, 4) is 0 Å². The molecule has 6 heteroatoms. The summed E-state index contributed by atoms with van der Waals surface area (Å²) in [6.45, 7) is 3.79. The van der Waals surface area contributed by atoms with Crippen LogP contribution in [0.2, 0.25) is 0 Å². The number of unbranched alkanes of at least 4 members (excludes halogenated alkanes) is 1. The van der Waals surface area contributed by atoms with E-state index in [9.17, 15) is 8.42 Å². The Morgan fingerprint density at radius 2 is 2.14 bits per heavy atom. The molecule has 0 saturated heterocycles. The molecule has 0 atom stereocenters. The van der Waals surface area contributed by atoms with E-state index in [2.05, 4.69) is 9.97 Å². The van der Waals surface area contributed by atoms with Gasteiger partial charge in [0.2, 0.25) is 0 Å². The zero-order chi connectivity index (χ0) is 10.8. The van der Waals surface area contributed by atoms with E-state index < -0.39 is 10.1 Å². The molecule has 80 valence electrons. The van der Waals surface area contributed by atoms with Crippen molar-refractivity contribution in [2.45, 2.75) is 38.3 Å². The van der Waals surface area contributed by atoms with E-state index in [4.69, 9.17) is 4.55 Å². The molecular formula is C8H14N2O3S. The molecule has 0 spiro atoms. The second-order valence-electron chi connectivity index (χ2n) is 3.19. The predicted molar refractivity (Wildman–Crippen MR) is 51.8 cm³/mol. The lowest BCUT2D eigenvalue weighted by molar-refractivity contribution is 0.475. The standard InChI is InChI=1S/C8H14N2O3S/c1-3-4-5-7-6(2)9-8(10-7)14(11,12)13/h3-5H2,1-2H3,(H,9,10)(H,11,12,13). The van der Waals surface area contributed by atoms with Crippen molar-refractivity contribution in [3.05, 3.63) is 11.4 Å². The van der Waals surface area contributed by atoms with Gasteiger partial charge in [0, 0.05) is 5.69 Å². The van der Waals surface area contributed by atoms with Crippen LogP contribution < -0.4 is 0 Å². The Morgan fingerprint density at radius 3 is 2.57 bits per heavy atom. The summed E-state index contributed by atoms with van der Waals surface area (Å²) in [6, 6.07) is 0. The van der Waals surface area contributed by atoms with Crippen LogP contribution in [-0.2, 0) is 16.5 Å². The number of nitrogens with one attached hydrogen (secondary N) is 1. The summed E-state index contributed by atoms with van der Waals surface area (Å²) >= 11 is 0. The van der Waals surface area contributed by atoms with E-state index in [-0.39, 0.29) is 5.16 Å². The number of aromatic amines is 1. The van der Waals surface area contributed by atoms with Crippen molar-refractivity contribution in [2.24, 2.45) is 0 Å². The van der Waals surface area contributed by atoms with Crippen LogP contribution >= 0.6 is 0 Å². The molecule has 0 aliphatic heterocycles. The lowest BCUT2D eigenvalue weighted by atomic mass is 10.2. The minimum atomic E-state index is -4.20. The minimum Gasteiger partial charge on any atom is -0.331 e. The maximum Gasteiger partial charge on any atom is 0.328 e. The highest BCUT2D eigenvalue weighted by molar-refractivity contribution is 7.85. The maximum absolute atomic E-state index is 10.7. The first-order chi connectivity index (χ1) is 6.45. The Hall–Kier alpha value is -0.880. The van der Waals surface area contributed by atoms with Gasteiger partial charge in [0.05, 0.1) is 5.69 Å². The fraction of sp³-hybridized carbons (Fsp3) is 0.625. The molecule has 5 nitrogen and oxygen atoms in total. The molecule has 0 aliphatic carbocycles. The molecule has 0 fully saturated rings. The fourth-order valence-electron chi connectivity index (χ4n) is 1.18. The first kappa shape index (κ1) is 11.2. The van der Waals surface area contributed by atoms with Gasteiger partial charge < -0.3 is 4.98 Å². The number of imidazole rings is 1. The smallest absolute Gasteiger partial charge is 0.328 e. The fourth-order valence-corrected chi connectivity index (χ4v) is 1.68. The molecule has 1 rings (SSSR count). The molecule has 0 unspecified atom stereocenters. The zero-order valence-electron chi connectivity index (χ0n) is 8.24. The van der Waals surface area contributed by atoms with Crippen molar-refractivity contribution >= 4 is 10.1 Å². The quantitative estimate of drug-likeness (QED) is 0.746. The van der Waals surface area contributed by atoms with Gasteiger partial charge in [-0.25, -0.2) is 4.98 Å². The lowest BCUT2D eigenvalue weighted by Gasteiger charge is -1.93. The Labute approximate surface area is 83.3 Å². The summed E-state index contributed by atoms with van der Waals surface area (Å²) in [5.74, 6) is 0. The molecule has 0 aliphatic rings. The SMILES string of the molecule is CCCCc1nc(S(=O)(=O)O)[nH]c1C. The van der Waals surface area contributed by atoms with Gasteiger partial charge in [-0.1, -0.05) is 13.3 Å². The van der Waals surface area contributed by atoms with E-state index in [0.29, 0.717) is 11.4 Å². The molecule has 2 N–H and O–H groups in total. The highest BCUT2D eigenvalue weighted by Gasteiger charge is 2.16. The number of hydrogen-bond donors (Lipinski definition) is 2. The monoisotopic (exact) mass is 218 g/mol. The molecule has 1 aromatic heterocycles. The van der Waals surface area contributed by atoms with Crippen LogP contribution in [0.15, 0.2) is 5.16 Å². The van der Waals surface area contributed by atoms with E-state index in [1.807, 2.05) is 6.92 Å². The van der Waals surface area contributed by atoms with Crippen molar-refractivity contribution in [1.29, 1.82) is 0 Å². The highest BCUT2D eigenvalue weighted by atomic mass is 32.2. The van der Waals surface area contributed by atoms with Gasteiger partial charge in [-0.3, -0.25) is 4.55 Å². The molecule has 0 aromatic carbocycles. The number of H-pyrrole nitrogens is 1. The average molecular weight is 218 g/mol. The van der Waals surface area contributed by atoms with Gasteiger partial charge in [-0.2, -0.15) is 8.42 Å². The summed E-state index contributed by atoms with van der Waals surface area (Å²) in [6.07, 6.45) is 2.71. The normalized spacial score (nSPS) is 11.9. The van der Waals surface area contributed by atoms with Crippen molar-refractivity contribution < 1.29 is 13.0 Å². The first-order valence-electron chi connectivity index (χ1n) is 4.48. The van der Waals surface area contributed by atoms with Crippen LogP contribution in [0, 0.1) is 6.92 Å². The van der Waals surface area contributed by atoms with Crippen LogP contribution in [0.25, 0.3) is 0 Å². The number of hydrogen-bond acceptors (Lipinski definition) is 3. The summed E-state index contributed by atoms with van der Waals surface area (Å²) < 4.78 is 30.2. The second kappa shape index (κ2) is 4.10. The molecule has 1 heterocycles. The Bertz CT molecular complexity index is 408. The van der Waals surface area contributed by atoms with Gasteiger partial charge in [0.15, 0.2) is 0 Å². The zero-order valence-corrected chi connectivity index (χ0v) is 9.06. The molecule has 14 heavy (non-hydrogen) atoms. The van der Waals surface area contributed by atoms with Crippen molar-refractivity contribution in [3.63, 3.8) is 0 Å². The minimum absolute atomic E-state index is 0.360. The highest BCUT2D eigenvalue weighted by Crippen LogP contribution is 2.11. The van der Waals surface area contributed by atoms with E-state index in [1.54, 1.807) is 6.92 Å². The Morgan fingerprint density at radius 1 is 1.50 bits per heavy atom. The van der Waals surface area contributed by atoms with Crippen LogP contribution in [0.3, 0.4) is 0 Å². The number of nitrogens with zero attached hydrogens (tertiary/aromatic N) is 1. The van der Waals surface area contributed by atoms with Crippen LogP contribution in [0.5, 0.6) is 0 Å². The summed E-state index contributed by atoms with van der Waals surface area (Å²) in [5, 5.41) is -0.360. The molecule has 0 radical (unpaired) electrons. The van der Waals surface area contributed by atoms with Crippen LogP contribution in [0.4, 0.5) is 0 Å². The van der Waals surface area contributed by atoms with Gasteiger partial charge in [-0.05, 0) is 19.8 Å². The second-order valence-corrected chi connectivity index (χ2v) is 4.53. The lowest BCUT2D eigenvalue weighted by Crippen LogP contribution is -2.00. The summed E-state index contributed by atoms with van der Waals surface area (Å²) in [7, 11) is -4.20. The average Bonchev–Trinajstić information content (AvgIpc) is 2.43. The third kappa shape index (κ3) is 2.55. The van der Waals surface area contributed by atoms with Gasteiger partial charge in [-0.15, -0.1) is 0 Å². The number of aromatic nitrogens is 2. The molecule has 1 aromatic rings. The van der Waals surface area contributed by atoms with E-state index >= 15 is 0 Å². The van der Waals surface area contributed by atoms with Gasteiger partial charge >= 0.3 is 10.1 Å². The molecule has 0 amide bonds. The van der Waals surface area contributed by atoms with Gasteiger partial charge in [0.25, 0.3) is 5.16 Å². The van der Waals surface area contributed by atoms with E-state index in [1.165, 1.54) is 0 Å². The number of aryl methyl sites for hydroxylation is 2. The van der Waals surface area contributed by atoms with Crippen LogP contribution in [-0.4, -0.2) is 22.9 Å². The summed E-state index contributed by atoms with van der Waals surface area (Å²) in [4.78, 5) is 6.37. The van der Waals surface area contributed by atoms with Gasteiger partial charge in [0.1, 0.15) is 0 Å².